The number of alkyl carbamates (subject to hydrolysis) is 1. The Morgan fingerprint density at radius 1 is 1.10 bits per heavy atom. The topological polar surface area (TPSA) is 107 Å². The predicted octanol–water partition coefficient (Wildman–Crippen LogP) is 4.75. The molecular weight excluding hydrogens is 591 g/mol. The second kappa shape index (κ2) is 12.7. The summed E-state index contributed by atoms with van der Waals surface area (Å²) in [5.41, 5.74) is -1.78. The van der Waals surface area contributed by atoms with E-state index >= 15 is 0 Å². The molecule has 3 aromatic rings. The molecule has 1 heterocycles. The van der Waals surface area contributed by atoms with Crippen LogP contribution in [0.4, 0.5) is 31.1 Å². The molecule has 0 bridgehead atoms. The average molecular weight is 612 g/mol. The van der Waals surface area contributed by atoms with Crippen molar-refractivity contribution in [3.05, 3.63) is 75.2 Å². The Bertz CT molecular complexity index is 1410. The van der Waals surface area contributed by atoms with E-state index in [-0.39, 0.29) is 23.5 Å². The number of hydrogen-bond donors (Lipinski definition) is 2. The largest absolute Gasteiger partial charge is 0.453 e. The number of rotatable bonds is 9. The quantitative estimate of drug-likeness (QED) is 0.268. The highest BCUT2D eigenvalue weighted by atomic mass is 35.5. The average Bonchev–Trinajstić information content (AvgIpc) is 3.19. The minimum Gasteiger partial charge on any atom is -0.453 e. The molecule has 2 aromatic carbocycles. The van der Waals surface area contributed by atoms with Crippen molar-refractivity contribution in [2.24, 2.45) is 0 Å². The first-order valence-electron chi connectivity index (χ1n) is 11.2. The summed E-state index contributed by atoms with van der Waals surface area (Å²) in [5, 5.41) is 9.05. The first-order chi connectivity index (χ1) is 18.7. The minimum atomic E-state index is -4.68. The lowest BCUT2D eigenvalue weighted by atomic mass is 10.0. The number of aromatic nitrogens is 3. The lowest BCUT2D eigenvalue weighted by Gasteiger charge is -2.20. The zero-order valence-electron chi connectivity index (χ0n) is 20.4. The van der Waals surface area contributed by atoms with Crippen LogP contribution in [0.5, 0.6) is 0 Å². The SMILES string of the molecule is COC(=O)NCC(NC(=O)Cn1nc(-c2ccc(Cl)cc2)n(CPC(F)(F)F)c1=O)c1cccc(C(F)(F)F)c1. The zero-order valence-corrected chi connectivity index (χ0v) is 22.2. The third-order valence-corrected chi connectivity index (χ3v) is 6.47. The Labute approximate surface area is 229 Å². The molecule has 0 radical (unpaired) electrons. The molecule has 0 aliphatic rings. The Kier molecular flexibility index (Phi) is 9.85. The Morgan fingerprint density at radius 3 is 2.38 bits per heavy atom. The minimum absolute atomic E-state index is 0.0225. The summed E-state index contributed by atoms with van der Waals surface area (Å²) in [5.74, 6) is -5.61. The van der Waals surface area contributed by atoms with E-state index in [9.17, 15) is 40.7 Å². The fourth-order valence-electron chi connectivity index (χ4n) is 3.49. The number of carbonyl (C=O) groups is 2. The predicted molar refractivity (Wildman–Crippen MR) is 134 cm³/mol. The molecule has 0 saturated carbocycles. The van der Waals surface area contributed by atoms with Gasteiger partial charge in [-0.1, -0.05) is 23.7 Å². The lowest BCUT2D eigenvalue weighted by Crippen LogP contribution is -2.40. The lowest BCUT2D eigenvalue weighted by molar-refractivity contribution is -0.137. The van der Waals surface area contributed by atoms with E-state index in [0.717, 1.165) is 29.9 Å². The molecule has 216 valence electrons. The van der Waals surface area contributed by atoms with Crippen molar-refractivity contribution in [3.8, 4) is 11.4 Å². The van der Waals surface area contributed by atoms with Crippen molar-refractivity contribution in [1.82, 2.24) is 25.0 Å². The van der Waals surface area contributed by atoms with Gasteiger partial charge in [0.2, 0.25) is 5.91 Å². The van der Waals surface area contributed by atoms with Crippen LogP contribution in [0.3, 0.4) is 0 Å². The summed E-state index contributed by atoms with van der Waals surface area (Å²) in [7, 11) is -0.566. The van der Waals surface area contributed by atoms with Gasteiger partial charge in [0.1, 0.15) is 6.54 Å². The standard InChI is InChI=1S/C23H21ClF6N5O4P/c1-39-20(37)31-10-17(14-3-2-4-15(9-14)22(25,26)27)32-18(36)11-35-21(38)34(12-40-23(28,29)30)19(33-35)13-5-7-16(24)8-6-13/h2-9,17,40H,10-12H2,1H3,(H,31,37)(H,32,36). The van der Waals surface area contributed by atoms with Crippen LogP contribution in [0, 0.1) is 0 Å². The van der Waals surface area contributed by atoms with E-state index in [1.54, 1.807) is 0 Å². The smallest absolute Gasteiger partial charge is 0.416 e. The van der Waals surface area contributed by atoms with E-state index in [1.807, 2.05) is 0 Å². The molecule has 0 fully saturated rings. The van der Waals surface area contributed by atoms with Crippen molar-refractivity contribution in [2.75, 3.05) is 13.7 Å². The first-order valence-corrected chi connectivity index (χ1v) is 12.8. The van der Waals surface area contributed by atoms with Gasteiger partial charge in [-0.3, -0.25) is 9.36 Å². The van der Waals surface area contributed by atoms with Gasteiger partial charge >= 0.3 is 23.9 Å². The number of hydrogen-bond acceptors (Lipinski definition) is 5. The Balaban J connectivity index is 1.90. The maximum Gasteiger partial charge on any atom is 0.416 e. The molecule has 2 amide bonds. The number of carbonyl (C=O) groups excluding carboxylic acids is 2. The van der Waals surface area contributed by atoms with Gasteiger partial charge in [0.25, 0.3) is 0 Å². The number of amides is 2. The summed E-state index contributed by atoms with van der Waals surface area (Å²) in [6.07, 6.45) is -6.35. The molecule has 40 heavy (non-hydrogen) atoms. The van der Waals surface area contributed by atoms with Crippen LogP contribution in [0.2, 0.25) is 5.02 Å². The molecule has 2 unspecified atom stereocenters. The van der Waals surface area contributed by atoms with Crippen molar-refractivity contribution < 1.29 is 40.7 Å². The fraction of sp³-hybridized carbons (Fsp3) is 0.304. The third-order valence-electron chi connectivity index (χ3n) is 5.34. The fourth-order valence-corrected chi connectivity index (χ4v) is 4.23. The second-order valence-corrected chi connectivity index (χ2v) is 9.82. The maximum absolute atomic E-state index is 13.2. The van der Waals surface area contributed by atoms with Gasteiger partial charge in [0.15, 0.2) is 5.82 Å². The van der Waals surface area contributed by atoms with Gasteiger partial charge in [-0.2, -0.15) is 26.3 Å². The Morgan fingerprint density at radius 2 is 1.77 bits per heavy atom. The molecule has 0 saturated heterocycles. The van der Waals surface area contributed by atoms with Gasteiger partial charge in [0.05, 0.1) is 25.0 Å². The summed E-state index contributed by atoms with van der Waals surface area (Å²) < 4.78 is 84.3. The third kappa shape index (κ3) is 8.46. The number of benzene rings is 2. The molecule has 3 rings (SSSR count). The monoisotopic (exact) mass is 611 g/mol. The van der Waals surface area contributed by atoms with Crippen LogP contribution in [0.1, 0.15) is 17.2 Å². The van der Waals surface area contributed by atoms with Gasteiger partial charge in [-0.05, 0) is 42.0 Å². The van der Waals surface area contributed by atoms with Crippen LogP contribution in [0.15, 0.2) is 53.3 Å². The van der Waals surface area contributed by atoms with E-state index < -0.39 is 62.8 Å². The highest BCUT2D eigenvalue weighted by molar-refractivity contribution is 7.37. The molecular formula is C23H21ClF6N5O4P. The van der Waals surface area contributed by atoms with Crippen LogP contribution in [0.25, 0.3) is 11.4 Å². The number of methoxy groups -OCH3 is 1. The molecule has 2 atom stereocenters. The van der Waals surface area contributed by atoms with Crippen LogP contribution >= 0.6 is 20.2 Å². The molecule has 0 aliphatic carbocycles. The van der Waals surface area contributed by atoms with Gasteiger partial charge in [-0.25, -0.2) is 14.3 Å². The van der Waals surface area contributed by atoms with Crippen LogP contribution < -0.4 is 16.3 Å². The highest BCUT2D eigenvalue weighted by Crippen LogP contribution is 2.38. The van der Waals surface area contributed by atoms with Crippen molar-refractivity contribution in [2.45, 2.75) is 31.0 Å². The molecule has 0 spiro atoms. The molecule has 17 heteroatoms. The molecule has 0 aliphatic heterocycles. The number of nitrogens with zero attached hydrogens (tertiary/aromatic N) is 3. The first kappa shape index (κ1) is 31.0. The van der Waals surface area contributed by atoms with Crippen molar-refractivity contribution in [1.29, 1.82) is 0 Å². The number of ether oxygens (including phenoxy) is 1. The van der Waals surface area contributed by atoms with Gasteiger partial charge in [0, 0.05) is 25.7 Å². The normalized spacial score (nSPS) is 12.9. The van der Waals surface area contributed by atoms with Crippen molar-refractivity contribution in [3.63, 3.8) is 0 Å². The second-order valence-electron chi connectivity index (χ2n) is 8.15. The molecule has 9 nitrogen and oxygen atoms in total. The van der Waals surface area contributed by atoms with Crippen LogP contribution in [-0.2, 0) is 28.5 Å². The number of halogens is 7. The van der Waals surface area contributed by atoms with Gasteiger partial charge < -0.3 is 15.4 Å². The van der Waals surface area contributed by atoms with Crippen LogP contribution in [-0.4, -0.2) is 45.9 Å². The number of nitrogens with one attached hydrogen (secondary N) is 2. The zero-order chi connectivity index (χ0) is 29.7. The maximum atomic E-state index is 13.2. The highest BCUT2D eigenvalue weighted by Gasteiger charge is 2.32. The van der Waals surface area contributed by atoms with Crippen molar-refractivity contribution >= 4 is 32.2 Å². The summed E-state index contributed by atoms with van der Waals surface area (Å²) in [6.45, 7) is -1.17. The summed E-state index contributed by atoms with van der Waals surface area (Å²) >= 11 is 5.86. The Hall–Kier alpha value is -3.58. The van der Waals surface area contributed by atoms with E-state index in [0.29, 0.717) is 9.70 Å². The number of alkyl halides is 6. The summed E-state index contributed by atoms with van der Waals surface area (Å²) in [4.78, 5) is 37.4. The summed E-state index contributed by atoms with van der Waals surface area (Å²) in [6, 6.07) is 8.55. The van der Waals surface area contributed by atoms with E-state index in [4.69, 9.17) is 11.6 Å². The molecule has 2 N–H and O–H groups in total. The molecule has 1 aromatic heterocycles. The van der Waals surface area contributed by atoms with E-state index in [2.05, 4.69) is 20.5 Å². The van der Waals surface area contributed by atoms with E-state index in [1.165, 1.54) is 30.3 Å². The van der Waals surface area contributed by atoms with Gasteiger partial charge in [-0.15, -0.1) is 5.10 Å².